The van der Waals surface area contributed by atoms with Crippen LogP contribution in [-0.2, 0) is 16.2 Å². The van der Waals surface area contributed by atoms with Crippen LogP contribution in [0.5, 0.6) is 0 Å². The predicted octanol–water partition coefficient (Wildman–Crippen LogP) is 2.72. The summed E-state index contributed by atoms with van der Waals surface area (Å²) in [4.78, 5) is 20.6. The summed E-state index contributed by atoms with van der Waals surface area (Å²) < 4.78 is 0. The number of oxime groups is 1. The maximum atomic E-state index is 11.6. The first-order chi connectivity index (χ1) is 12.1. The number of carbonyl (C=O) groups is 1. The molecule has 25 heavy (non-hydrogen) atoms. The van der Waals surface area contributed by atoms with E-state index in [1.807, 2.05) is 0 Å². The van der Waals surface area contributed by atoms with Crippen LogP contribution >= 0.6 is 23.2 Å². The third-order valence-electron chi connectivity index (χ3n) is 2.92. The van der Waals surface area contributed by atoms with Gasteiger partial charge in [0, 0.05) is 33.6 Å². The van der Waals surface area contributed by atoms with Gasteiger partial charge < -0.3 is 10.6 Å². The van der Waals surface area contributed by atoms with Crippen LogP contribution in [0.2, 0.25) is 10.0 Å². The van der Waals surface area contributed by atoms with Gasteiger partial charge in [-0.15, -0.1) is 0 Å². The number of hydrogen-bond donors (Lipinski definition) is 2. The first-order valence-corrected chi connectivity index (χ1v) is 7.92. The van der Waals surface area contributed by atoms with Crippen LogP contribution in [0.15, 0.2) is 53.0 Å². The molecule has 1 aromatic carbocycles. The molecule has 1 heterocycles. The van der Waals surface area contributed by atoms with E-state index in [0.717, 1.165) is 5.56 Å². The van der Waals surface area contributed by atoms with E-state index in [2.05, 4.69) is 20.7 Å². The summed E-state index contributed by atoms with van der Waals surface area (Å²) in [6, 6.07) is 8.51. The van der Waals surface area contributed by atoms with Crippen molar-refractivity contribution in [1.29, 1.82) is 0 Å². The number of hydrogen-bond acceptors (Lipinski definition) is 5. The van der Waals surface area contributed by atoms with Crippen molar-refractivity contribution >= 4 is 41.2 Å². The average Bonchev–Trinajstić information content (AvgIpc) is 2.61. The fraction of sp³-hybridized carbons (Fsp3) is 0.125. The lowest BCUT2D eigenvalue weighted by Gasteiger charge is -2.03. The van der Waals surface area contributed by atoms with Crippen LogP contribution in [-0.4, -0.2) is 22.9 Å². The molecule has 0 fully saturated rings. The lowest BCUT2D eigenvalue weighted by atomic mass is 10.2. The molecule has 0 aliphatic carbocycles. The van der Waals surface area contributed by atoms with Crippen LogP contribution in [0, 0.1) is 0 Å². The molecule has 0 aliphatic heterocycles. The topological polar surface area (TPSA) is 102 Å². The van der Waals surface area contributed by atoms with Crippen LogP contribution < -0.4 is 11.2 Å². The number of amides is 1. The van der Waals surface area contributed by atoms with E-state index in [-0.39, 0.29) is 24.8 Å². The molecule has 0 bridgehead atoms. The number of pyridine rings is 1. The van der Waals surface area contributed by atoms with Gasteiger partial charge in [0.1, 0.15) is 6.61 Å². The molecule has 0 aliphatic rings. The van der Waals surface area contributed by atoms with E-state index in [9.17, 15) is 4.79 Å². The Bertz CT molecular complexity index is 781. The summed E-state index contributed by atoms with van der Waals surface area (Å²) >= 11 is 11.8. The minimum Gasteiger partial charge on any atom is -0.391 e. The van der Waals surface area contributed by atoms with Gasteiger partial charge in [-0.3, -0.25) is 9.78 Å². The molecule has 0 radical (unpaired) electrons. The summed E-state index contributed by atoms with van der Waals surface area (Å²) in [7, 11) is 0. The SMILES string of the molecule is NC(=NNC(=O)C/C=N/OCc1ccc(Cl)cc1Cl)c1cccnc1. The third kappa shape index (κ3) is 6.40. The minimum absolute atomic E-state index is 0.0157. The highest BCUT2D eigenvalue weighted by Crippen LogP contribution is 2.21. The normalized spacial score (nSPS) is 11.5. The van der Waals surface area contributed by atoms with Crippen molar-refractivity contribution < 1.29 is 9.63 Å². The second-order valence-electron chi connectivity index (χ2n) is 4.78. The number of nitrogens with two attached hydrogens (primary N) is 1. The number of benzene rings is 1. The Morgan fingerprint density at radius 2 is 2.20 bits per heavy atom. The van der Waals surface area contributed by atoms with Crippen molar-refractivity contribution in [3.8, 4) is 0 Å². The molecule has 0 unspecified atom stereocenters. The highest BCUT2D eigenvalue weighted by atomic mass is 35.5. The maximum Gasteiger partial charge on any atom is 0.245 e. The van der Waals surface area contributed by atoms with E-state index in [1.54, 1.807) is 42.7 Å². The second-order valence-corrected chi connectivity index (χ2v) is 5.62. The zero-order chi connectivity index (χ0) is 18.1. The predicted molar refractivity (Wildman–Crippen MR) is 97.5 cm³/mol. The Labute approximate surface area is 154 Å². The van der Waals surface area contributed by atoms with E-state index < -0.39 is 0 Å². The number of nitrogens with zero attached hydrogens (tertiary/aromatic N) is 3. The number of rotatable bonds is 7. The van der Waals surface area contributed by atoms with Gasteiger partial charge in [0.15, 0.2) is 5.84 Å². The van der Waals surface area contributed by atoms with Gasteiger partial charge in [-0.2, -0.15) is 5.10 Å². The molecule has 9 heteroatoms. The summed E-state index contributed by atoms with van der Waals surface area (Å²) in [6.45, 7) is 0.167. The molecular formula is C16H15Cl2N5O2. The molecule has 2 rings (SSSR count). The Kier molecular flexibility index (Phi) is 7.18. The smallest absolute Gasteiger partial charge is 0.245 e. The number of halogens is 2. The van der Waals surface area contributed by atoms with Gasteiger partial charge in [-0.05, 0) is 24.3 Å². The fourth-order valence-electron chi connectivity index (χ4n) is 1.67. The standard InChI is InChI=1S/C16H15Cl2N5O2/c17-13-4-3-12(14(18)8-13)10-25-21-7-5-15(24)22-23-16(19)11-2-1-6-20-9-11/h1-4,6-9H,5,10H2,(H2,19,23)(H,22,24)/b21-7+. The molecule has 2 aromatic rings. The molecular weight excluding hydrogens is 365 g/mol. The second kappa shape index (κ2) is 9.61. The minimum atomic E-state index is -0.385. The van der Waals surface area contributed by atoms with Crippen LogP contribution in [0.4, 0.5) is 0 Å². The van der Waals surface area contributed by atoms with Crippen molar-refractivity contribution in [2.45, 2.75) is 13.0 Å². The van der Waals surface area contributed by atoms with E-state index in [1.165, 1.54) is 6.21 Å². The van der Waals surface area contributed by atoms with Gasteiger partial charge in [-0.25, -0.2) is 5.43 Å². The third-order valence-corrected chi connectivity index (χ3v) is 3.51. The Balaban J connectivity index is 1.73. The monoisotopic (exact) mass is 379 g/mol. The zero-order valence-corrected chi connectivity index (χ0v) is 14.5. The first-order valence-electron chi connectivity index (χ1n) is 7.16. The molecule has 1 amide bonds. The van der Waals surface area contributed by atoms with Gasteiger partial charge in [0.25, 0.3) is 0 Å². The number of amidine groups is 1. The van der Waals surface area contributed by atoms with Crippen LogP contribution in [0.25, 0.3) is 0 Å². The Morgan fingerprint density at radius 1 is 1.36 bits per heavy atom. The quantitative estimate of drug-likeness (QED) is 0.438. The maximum absolute atomic E-state index is 11.6. The average molecular weight is 380 g/mol. The van der Waals surface area contributed by atoms with Gasteiger partial charge in [-0.1, -0.05) is 34.4 Å². The van der Waals surface area contributed by atoms with Crippen LogP contribution in [0.3, 0.4) is 0 Å². The summed E-state index contributed by atoms with van der Waals surface area (Å²) in [5.41, 5.74) is 9.39. The first kappa shape index (κ1) is 18.7. The molecule has 7 nitrogen and oxygen atoms in total. The van der Waals surface area contributed by atoms with Gasteiger partial charge in [0.05, 0.1) is 12.6 Å². The molecule has 130 valence electrons. The zero-order valence-electron chi connectivity index (χ0n) is 13.0. The number of aromatic nitrogens is 1. The summed E-state index contributed by atoms with van der Waals surface area (Å²) in [5.74, 6) is -0.226. The van der Waals surface area contributed by atoms with E-state index in [4.69, 9.17) is 33.8 Å². The highest BCUT2D eigenvalue weighted by Gasteiger charge is 2.02. The van der Waals surface area contributed by atoms with E-state index in [0.29, 0.717) is 15.6 Å². The van der Waals surface area contributed by atoms with Crippen LogP contribution in [0.1, 0.15) is 17.5 Å². The molecule has 0 spiro atoms. The fourth-order valence-corrected chi connectivity index (χ4v) is 2.13. The molecule has 3 N–H and O–H groups in total. The molecule has 0 saturated heterocycles. The number of hydrazone groups is 1. The molecule has 1 aromatic heterocycles. The summed E-state index contributed by atoms with van der Waals surface area (Å²) in [6.07, 6.45) is 4.46. The highest BCUT2D eigenvalue weighted by molar-refractivity contribution is 6.35. The Morgan fingerprint density at radius 3 is 2.92 bits per heavy atom. The van der Waals surface area contributed by atoms with Gasteiger partial charge >= 0.3 is 0 Å². The van der Waals surface area contributed by atoms with Crippen molar-refractivity contribution in [2.24, 2.45) is 16.0 Å². The lowest BCUT2D eigenvalue weighted by molar-refractivity contribution is -0.119. The number of carbonyl (C=O) groups excluding carboxylic acids is 1. The number of nitrogens with one attached hydrogen (secondary N) is 1. The van der Waals surface area contributed by atoms with Crippen molar-refractivity contribution in [3.05, 3.63) is 63.9 Å². The Hall–Kier alpha value is -2.64. The molecule has 0 atom stereocenters. The lowest BCUT2D eigenvalue weighted by Crippen LogP contribution is -2.24. The molecule has 0 saturated carbocycles. The summed E-state index contributed by atoms with van der Waals surface area (Å²) in [5, 5.41) is 8.50. The van der Waals surface area contributed by atoms with Crippen molar-refractivity contribution in [2.75, 3.05) is 0 Å². The van der Waals surface area contributed by atoms with Crippen molar-refractivity contribution in [1.82, 2.24) is 10.4 Å². The largest absolute Gasteiger partial charge is 0.391 e. The van der Waals surface area contributed by atoms with Crippen molar-refractivity contribution in [3.63, 3.8) is 0 Å². The van der Waals surface area contributed by atoms with Gasteiger partial charge in [0.2, 0.25) is 5.91 Å². The van der Waals surface area contributed by atoms with E-state index >= 15 is 0 Å².